The lowest BCUT2D eigenvalue weighted by Gasteiger charge is -1.97. The second-order valence-electron chi connectivity index (χ2n) is 1.36. The highest BCUT2D eigenvalue weighted by Gasteiger charge is 2.05. The zero-order valence-corrected chi connectivity index (χ0v) is 5.19. The third-order valence-corrected chi connectivity index (χ3v) is 1.02. The van der Waals surface area contributed by atoms with Gasteiger partial charge < -0.3 is 5.73 Å². The molecule has 0 heterocycles. The van der Waals surface area contributed by atoms with E-state index in [0.29, 0.717) is 0 Å². The molecule has 0 aromatic carbocycles. The maximum Gasteiger partial charge on any atom is 0.168 e. The van der Waals surface area contributed by atoms with Gasteiger partial charge in [-0.3, -0.25) is 4.79 Å². The minimum atomic E-state index is -0.590. The van der Waals surface area contributed by atoms with Crippen LogP contribution in [0.15, 0.2) is 12.7 Å². The number of rotatable bonds is 3. The number of hydrogen-bond donors (Lipinski definition) is 1. The molecule has 2 nitrogen and oxygen atoms in total. The van der Waals surface area contributed by atoms with Gasteiger partial charge in [-0.2, -0.15) is 0 Å². The molecule has 1 atom stereocenters. The number of hydrogen-bond acceptors (Lipinski definition) is 2. The highest BCUT2D eigenvalue weighted by atomic mass is 35.5. The molecule has 0 rings (SSSR count). The molecule has 0 aliphatic carbocycles. The molecule has 0 spiro atoms. The molecule has 0 fully saturated rings. The molecule has 0 amide bonds. The third-order valence-electron chi connectivity index (χ3n) is 0.757. The van der Waals surface area contributed by atoms with Crippen molar-refractivity contribution < 1.29 is 4.79 Å². The predicted molar refractivity (Wildman–Crippen MR) is 33.9 cm³/mol. The predicted octanol–water partition coefficient (Wildman–Crippen LogP) is 0.308. The van der Waals surface area contributed by atoms with Crippen LogP contribution in [0.3, 0.4) is 0 Å². The summed E-state index contributed by atoms with van der Waals surface area (Å²) in [5.74, 6) is -0.227. The highest BCUT2D eigenvalue weighted by Crippen LogP contribution is 1.85. The van der Waals surface area contributed by atoms with Crippen LogP contribution < -0.4 is 5.73 Å². The Morgan fingerprint density at radius 2 is 2.50 bits per heavy atom. The van der Waals surface area contributed by atoms with Gasteiger partial charge in [0.1, 0.15) is 0 Å². The fourth-order valence-electron chi connectivity index (χ4n) is 0.221. The standard InChI is InChI=1S/C5H8ClNO/c1-2-4(7)5(8)3-6/h2,4H,1,3,7H2. The average Bonchev–Trinajstić information content (AvgIpc) is 1.84. The molecule has 2 N–H and O–H groups in total. The van der Waals surface area contributed by atoms with E-state index in [9.17, 15) is 4.79 Å². The van der Waals surface area contributed by atoms with Crippen molar-refractivity contribution in [2.75, 3.05) is 5.88 Å². The van der Waals surface area contributed by atoms with Gasteiger partial charge in [-0.25, -0.2) is 0 Å². The van der Waals surface area contributed by atoms with Crippen molar-refractivity contribution in [2.45, 2.75) is 6.04 Å². The number of carbonyl (C=O) groups is 1. The van der Waals surface area contributed by atoms with Crippen LogP contribution in [0.5, 0.6) is 0 Å². The molecule has 0 aromatic heterocycles. The Kier molecular flexibility index (Phi) is 3.48. The fraction of sp³-hybridized carbons (Fsp3) is 0.400. The number of nitrogens with two attached hydrogens (primary N) is 1. The summed E-state index contributed by atoms with van der Waals surface area (Å²) in [6.07, 6.45) is 1.37. The second-order valence-corrected chi connectivity index (χ2v) is 1.63. The third kappa shape index (κ3) is 2.09. The maximum atomic E-state index is 10.4. The van der Waals surface area contributed by atoms with E-state index >= 15 is 0 Å². The number of halogens is 1. The largest absolute Gasteiger partial charge is 0.318 e. The summed E-state index contributed by atoms with van der Waals surface area (Å²) in [4.78, 5) is 10.4. The minimum absolute atomic E-state index is 0.0345. The van der Waals surface area contributed by atoms with Crippen molar-refractivity contribution in [1.82, 2.24) is 0 Å². The molecule has 0 radical (unpaired) electrons. The quantitative estimate of drug-likeness (QED) is 0.445. The first-order valence-electron chi connectivity index (χ1n) is 2.19. The van der Waals surface area contributed by atoms with Crippen LogP contribution in [-0.4, -0.2) is 17.7 Å². The lowest BCUT2D eigenvalue weighted by atomic mass is 10.2. The van der Waals surface area contributed by atoms with Crippen molar-refractivity contribution in [3.8, 4) is 0 Å². The molecule has 0 aromatic rings. The number of carbonyl (C=O) groups excluding carboxylic acids is 1. The first-order chi connectivity index (χ1) is 3.72. The van der Waals surface area contributed by atoms with Crippen LogP contribution >= 0.6 is 11.6 Å². The van der Waals surface area contributed by atoms with Crippen molar-refractivity contribution in [2.24, 2.45) is 5.73 Å². The summed E-state index contributed by atoms with van der Waals surface area (Å²) in [7, 11) is 0. The van der Waals surface area contributed by atoms with Gasteiger partial charge in [0.25, 0.3) is 0 Å². The Morgan fingerprint density at radius 3 is 2.62 bits per heavy atom. The van der Waals surface area contributed by atoms with Gasteiger partial charge in [-0.15, -0.1) is 18.2 Å². The molecular formula is C5H8ClNO. The molecule has 0 saturated heterocycles. The monoisotopic (exact) mass is 133 g/mol. The zero-order valence-electron chi connectivity index (χ0n) is 4.43. The van der Waals surface area contributed by atoms with Gasteiger partial charge >= 0.3 is 0 Å². The van der Waals surface area contributed by atoms with E-state index in [1.807, 2.05) is 0 Å². The minimum Gasteiger partial charge on any atom is -0.318 e. The smallest absolute Gasteiger partial charge is 0.168 e. The Bertz CT molecular complexity index is 103. The maximum absolute atomic E-state index is 10.4. The van der Waals surface area contributed by atoms with E-state index in [0.717, 1.165) is 0 Å². The van der Waals surface area contributed by atoms with Crippen LogP contribution in [0, 0.1) is 0 Å². The van der Waals surface area contributed by atoms with Crippen LogP contribution in [0.4, 0.5) is 0 Å². The van der Waals surface area contributed by atoms with E-state index in [2.05, 4.69) is 6.58 Å². The van der Waals surface area contributed by atoms with Crippen LogP contribution in [0.25, 0.3) is 0 Å². The molecule has 46 valence electrons. The van der Waals surface area contributed by atoms with E-state index in [-0.39, 0.29) is 11.7 Å². The molecule has 0 aliphatic heterocycles. The van der Waals surface area contributed by atoms with Crippen LogP contribution in [0.1, 0.15) is 0 Å². The van der Waals surface area contributed by atoms with Crippen LogP contribution in [0.2, 0.25) is 0 Å². The summed E-state index contributed by atoms with van der Waals surface area (Å²) in [5.41, 5.74) is 5.17. The van der Waals surface area contributed by atoms with E-state index < -0.39 is 6.04 Å². The van der Waals surface area contributed by atoms with Crippen molar-refractivity contribution in [3.05, 3.63) is 12.7 Å². The summed E-state index contributed by atoms with van der Waals surface area (Å²) in [6.45, 7) is 3.33. The van der Waals surface area contributed by atoms with Gasteiger partial charge in [-0.05, 0) is 0 Å². The molecule has 3 heteroatoms. The average molecular weight is 134 g/mol. The van der Waals surface area contributed by atoms with Gasteiger partial charge in [0, 0.05) is 0 Å². The lowest BCUT2D eigenvalue weighted by Crippen LogP contribution is -2.28. The number of alkyl halides is 1. The molecular weight excluding hydrogens is 126 g/mol. The number of ketones is 1. The number of Topliss-reactive ketones (excluding diaryl/α,β-unsaturated/α-hetero) is 1. The summed E-state index contributed by atoms with van der Waals surface area (Å²) >= 11 is 5.15. The first-order valence-corrected chi connectivity index (χ1v) is 2.72. The van der Waals surface area contributed by atoms with E-state index in [1.54, 1.807) is 0 Å². The molecule has 0 bridgehead atoms. The van der Waals surface area contributed by atoms with E-state index in [1.165, 1.54) is 6.08 Å². The lowest BCUT2D eigenvalue weighted by molar-refractivity contribution is -0.116. The molecule has 0 saturated carbocycles. The zero-order chi connectivity index (χ0) is 6.57. The Balaban J connectivity index is 3.62. The summed E-state index contributed by atoms with van der Waals surface area (Å²) in [5, 5.41) is 0. The first kappa shape index (κ1) is 7.66. The molecule has 1 unspecified atom stereocenters. The topological polar surface area (TPSA) is 43.1 Å². The summed E-state index contributed by atoms with van der Waals surface area (Å²) < 4.78 is 0. The second kappa shape index (κ2) is 3.64. The molecule has 8 heavy (non-hydrogen) atoms. The van der Waals surface area contributed by atoms with Gasteiger partial charge in [0.2, 0.25) is 0 Å². The van der Waals surface area contributed by atoms with Crippen molar-refractivity contribution in [3.63, 3.8) is 0 Å². The Morgan fingerprint density at radius 1 is 2.00 bits per heavy atom. The van der Waals surface area contributed by atoms with Gasteiger partial charge in [0.05, 0.1) is 11.9 Å². The Hall–Kier alpha value is -0.340. The normalized spacial score (nSPS) is 12.8. The summed E-state index contributed by atoms with van der Waals surface area (Å²) in [6, 6.07) is -0.590. The van der Waals surface area contributed by atoms with Crippen molar-refractivity contribution in [1.29, 1.82) is 0 Å². The highest BCUT2D eigenvalue weighted by molar-refractivity contribution is 6.28. The van der Waals surface area contributed by atoms with E-state index in [4.69, 9.17) is 17.3 Å². The van der Waals surface area contributed by atoms with Gasteiger partial charge in [-0.1, -0.05) is 6.08 Å². The molecule has 0 aliphatic rings. The van der Waals surface area contributed by atoms with Crippen LogP contribution in [-0.2, 0) is 4.79 Å². The fourth-order valence-corrected chi connectivity index (χ4v) is 0.399. The van der Waals surface area contributed by atoms with Crippen molar-refractivity contribution >= 4 is 17.4 Å². The Labute approximate surface area is 53.3 Å². The van der Waals surface area contributed by atoms with Gasteiger partial charge in [0.15, 0.2) is 5.78 Å². The SMILES string of the molecule is C=CC(N)C(=O)CCl.